The Bertz CT molecular complexity index is 930. The van der Waals surface area contributed by atoms with Crippen LogP contribution in [0.4, 0.5) is 13.2 Å². The fourth-order valence-corrected chi connectivity index (χ4v) is 2.24. The lowest BCUT2D eigenvalue weighted by molar-refractivity contribution is -0.144. The van der Waals surface area contributed by atoms with E-state index >= 15 is 0 Å². The van der Waals surface area contributed by atoms with E-state index < -0.39 is 23.6 Å². The molecule has 0 aliphatic carbocycles. The number of primary amides is 1. The molecule has 0 radical (unpaired) electrons. The number of nitrogens with two attached hydrogens (primary N) is 1. The van der Waals surface area contributed by atoms with E-state index in [4.69, 9.17) is 10.5 Å². The van der Waals surface area contributed by atoms with Crippen molar-refractivity contribution in [2.45, 2.75) is 6.18 Å². The highest BCUT2D eigenvalue weighted by atomic mass is 19.4. The molecule has 0 atom stereocenters. The summed E-state index contributed by atoms with van der Waals surface area (Å²) in [6.07, 6.45) is -4.85. The highest BCUT2D eigenvalue weighted by Crippen LogP contribution is 2.37. The van der Waals surface area contributed by atoms with Crippen molar-refractivity contribution in [3.63, 3.8) is 0 Å². The molecule has 0 fully saturated rings. The molecule has 1 aromatic heterocycles. The monoisotopic (exact) mass is 359 g/mol. The molecule has 0 aliphatic heterocycles. The number of hydrogen-bond acceptors (Lipinski definition) is 4. The largest absolute Gasteiger partial charge is 0.453 e. The smallest absolute Gasteiger partial charge is 0.451 e. The van der Waals surface area contributed by atoms with Gasteiger partial charge in [-0.25, -0.2) is 9.97 Å². The lowest BCUT2D eigenvalue weighted by Gasteiger charge is -2.15. The third-order valence-electron chi connectivity index (χ3n) is 3.36. The molecule has 1 amide bonds. The zero-order valence-electron chi connectivity index (χ0n) is 13.2. The molecule has 0 aliphatic rings. The number of halogens is 3. The van der Waals surface area contributed by atoms with Crippen LogP contribution in [0.5, 0.6) is 11.5 Å². The lowest BCUT2D eigenvalue weighted by Crippen LogP contribution is -2.20. The van der Waals surface area contributed by atoms with Gasteiger partial charge in [0.15, 0.2) is 11.4 Å². The van der Waals surface area contributed by atoms with Crippen LogP contribution in [0.25, 0.3) is 11.3 Å². The average Bonchev–Trinajstić information content (AvgIpc) is 2.62. The molecule has 1 heterocycles. The molecule has 2 N–H and O–H groups in total. The first-order valence-corrected chi connectivity index (χ1v) is 7.43. The number of alkyl halides is 3. The number of carbonyl (C=O) groups excluding carboxylic acids is 1. The lowest BCUT2D eigenvalue weighted by atomic mass is 10.1. The standard InChI is InChI=1S/C18H12F3N3O2/c19-18(20,21)17-23-13(11-7-3-1-4-8-11)15(14(24-17)16(22)25)26-12-9-5-2-6-10-12/h1-10H,(H2,22,25). The number of benzene rings is 2. The van der Waals surface area contributed by atoms with E-state index in [9.17, 15) is 18.0 Å². The Labute approximate surface area is 146 Å². The Kier molecular flexibility index (Phi) is 4.57. The molecule has 8 heteroatoms. The van der Waals surface area contributed by atoms with Crippen LogP contribution in [-0.4, -0.2) is 15.9 Å². The first-order valence-electron chi connectivity index (χ1n) is 7.43. The average molecular weight is 359 g/mol. The molecule has 0 saturated heterocycles. The predicted octanol–water partition coefficient (Wildman–Crippen LogP) is 4.05. The van der Waals surface area contributed by atoms with Crippen LogP contribution in [0.3, 0.4) is 0 Å². The summed E-state index contributed by atoms with van der Waals surface area (Å²) in [5, 5.41) is 0. The van der Waals surface area contributed by atoms with Crippen molar-refractivity contribution in [2.75, 3.05) is 0 Å². The number of para-hydroxylation sites is 1. The second kappa shape index (κ2) is 6.83. The van der Waals surface area contributed by atoms with Crippen molar-refractivity contribution in [3.8, 4) is 22.8 Å². The number of carbonyl (C=O) groups is 1. The zero-order valence-corrected chi connectivity index (χ0v) is 13.2. The van der Waals surface area contributed by atoms with Crippen LogP contribution in [0.2, 0.25) is 0 Å². The third-order valence-corrected chi connectivity index (χ3v) is 3.36. The van der Waals surface area contributed by atoms with Gasteiger partial charge >= 0.3 is 6.18 Å². The number of rotatable bonds is 4. The Balaban J connectivity index is 2.27. The van der Waals surface area contributed by atoms with Crippen LogP contribution < -0.4 is 10.5 Å². The quantitative estimate of drug-likeness (QED) is 0.762. The van der Waals surface area contributed by atoms with E-state index in [2.05, 4.69) is 9.97 Å². The minimum atomic E-state index is -4.85. The van der Waals surface area contributed by atoms with E-state index in [0.717, 1.165) is 0 Å². The Hall–Kier alpha value is -3.42. The molecule has 0 spiro atoms. The minimum absolute atomic E-state index is 0.175. The van der Waals surface area contributed by atoms with Gasteiger partial charge in [-0.3, -0.25) is 4.79 Å². The van der Waals surface area contributed by atoms with E-state index in [1.165, 1.54) is 0 Å². The first-order chi connectivity index (χ1) is 12.4. The van der Waals surface area contributed by atoms with Crippen LogP contribution in [0, 0.1) is 0 Å². The topological polar surface area (TPSA) is 78.1 Å². The van der Waals surface area contributed by atoms with Crippen LogP contribution in [-0.2, 0) is 6.18 Å². The van der Waals surface area contributed by atoms with Crippen molar-refractivity contribution >= 4 is 5.91 Å². The molecule has 132 valence electrons. The molecule has 5 nitrogen and oxygen atoms in total. The fourth-order valence-electron chi connectivity index (χ4n) is 2.24. The van der Waals surface area contributed by atoms with Crippen molar-refractivity contribution in [1.82, 2.24) is 9.97 Å². The summed E-state index contributed by atoms with van der Waals surface area (Å²) in [7, 11) is 0. The first kappa shape index (κ1) is 17.4. The maximum atomic E-state index is 13.2. The van der Waals surface area contributed by atoms with Gasteiger partial charge in [0, 0.05) is 5.56 Å². The van der Waals surface area contributed by atoms with Gasteiger partial charge in [-0.2, -0.15) is 13.2 Å². The number of hydrogen-bond donors (Lipinski definition) is 1. The third kappa shape index (κ3) is 3.64. The second-order valence-electron chi connectivity index (χ2n) is 5.22. The van der Waals surface area contributed by atoms with Gasteiger partial charge in [0.2, 0.25) is 5.82 Å². The molecule has 3 aromatic rings. The van der Waals surface area contributed by atoms with E-state index in [1.807, 2.05) is 0 Å². The summed E-state index contributed by atoms with van der Waals surface area (Å²) in [4.78, 5) is 18.6. The number of ether oxygens (including phenoxy) is 1. The summed E-state index contributed by atoms with van der Waals surface area (Å²) in [5.41, 5.74) is 4.76. The fraction of sp³-hybridized carbons (Fsp3) is 0.0556. The molecule has 3 rings (SSSR count). The van der Waals surface area contributed by atoms with Gasteiger partial charge in [-0.05, 0) is 12.1 Å². The zero-order chi connectivity index (χ0) is 18.7. The van der Waals surface area contributed by atoms with Crippen molar-refractivity contribution < 1.29 is 22.7 Å². The van der Waals surface area contributed by atoms with Crippen LogP contribution in [0.15, 0.2) is 60.7 Å². The maximum Gasteiger partial charge on any atom is 0.451 e. The van der Waals surface area contributed by atoms with Crippen LogP contribution >= 0.6 is 0 Å². The number of nitrogens with zero attached hydrogens (tertiary/aromatic N) is 2. The van der Waals surface area contributed by atoms with Crippen molar-refractivity contribution in [1.29, 1.82) is 0 Å². The van der Waals surface area contributed by atoms with Gasteiger partial charge in [0.1, 0.15) is 11.4 Å². The van der Waals surface area contributed by atoms with Gasteiger partial charge in [-0.1, -0.05) is 48.5 Å². The molecular formula is C18H12F3N3O2. The highest BCUT2D eigenvalue weighted by molar-refractivity contribution is 5.96. The normalized spacial score (nSPS) is 11.2. The van der Waals surface area contributed by atoms with Crippen molar-refractivity contribution in [3.05, 3.63) is 72.2 Å². The maximum absolute atomic E-state index is 13.2. The Morgan fingerprint density at radius 3 is 2.04 bits per heavy atom. The molecule has 0 unspecified atom stereocenters. The van der Waals surface area contributed by atoms with Crippen molar-refractivity contribution in [2.24, 2.45) is 5.73 Å². The second-order valence-corrected chi connectivity index (χ2v) is 5.22. The predicted molar refractivity (Wildman–Crippen MR) is 87.5 cm³/mol. The number of aromatic nitrogens is 2. The van der Waals surface area contributed by atoms with E-state index in [-0.39, 0.29) is 11.4 Å². The van der Waals surface area contributed by atoms with Gasteiger partial charge in [0.05, 0.1) is 0 Å². The van der Waals surface area contributed by atoms with Gasteiger partial charge < -0.3 is 10.5 Å². The Morgan fingerprint density at radius 1 is 0.923 bits per heavy atom. The number of amides is 1. The van der Waals surface area contributed by atoms with Gasteiger partial charge in [0.25, 0.3) is 5.91 Å². The molecule has 26 heavy (non-hydrogen) atoms. The highest BCUT2D eigenvalue weighted by Gasteiger charge is 2.37. The summed E-state index contributed by atoms with van der Waals surface area (Å²) in [6.45, 7) is 0. The SMILES string of the molecule is NC(=O)c1nc(C(F)(F)F)nc(-c2ccccc2)c1Oc1ccccc1. The minimum Gasteiger partial charge on any atom is -0.453 e. The molecule has 0 bridgehead atoms. The summed E-state index contributed by atoms with van der Waals surface area (Å²) in [6, 6.07) is 16.3. The van der Waals surface area contributed by atoms with E-state index in [0.29, 0.717) is 11.3 Å². The van der Waals surface area contributed by atoms with E-state index in [1.54, 1.807) is 60.7 Å². The summed E-state index contributed by atoms with van der Waals surface area (Å²) in [5.74, 6) is -2.55. The Morgan fingerprint density at radius 2 is 1.50 bits per heavy atom. The molecular weight excluding hydrogens is 347 g/mol. The summed E-state index contributed by atoms with van der Waals surface area (Å²) >= 11 is 0. The molecule has 0 saturated carbocycles. The molecule has 2 aromatic carbocycles. The van der Waals surface area contributed by atoms with Crippen LogP contribution in [0.1, 0.15) is 16.3 Å². The van der Waals surface area contributed by atoms with Gasteiger partial charge in [-0.15, -0.1) is 0 Å². The summed E-state index contributed by atoms with van der Waals surface area (Å²) < 4.78 is 45.1.